The van der Waals surface area contributed by atoms with Crippen molar-refractivity contribution in [1.82, 2.24) is 25.2 Å². The molecule has 3 aromatic rings. The highest BCUT2D eigenvalue weighted by Gasteiger charge is 2.34. The average molecular weight is 420 g/mol. The number of aromatic nitrogens is 3. The molecule has 0 aliphatic heterocycles. The Morgan fingerprint density at radius 3 is 2.81 bits per heavy atom. The average Bonchev–Trinajstić information content (AvgIpc) is 3.36. The van der Waals surface area contributed by atoms with Crippen LogP contribution < -0.4 is 10.6 Å². The van der Waals surface area contributed by atoms with Crippen LogP contribution in [-0.4, -0.2) is 51.9 Å². The van der Waals surface area contributed by atoms with Gasteiger partial charge in [0.25, 0.3) is 0 Å². The van der Waals surface area contributed by atoms with Crippen LogP contribution in [-0.2, 0) is 6.42 Å². The number of nitrogens with zero attached hydrogens (tertiary/aromatic N) is 3. The Labute approximate surface area is 184 Å². The standard InChI is InChI=1S/C25H33N5O/c1-2-21-17-30(25-22(21)16-28-18-29-25)23-13-20(14-24(23)31)15-27-11-6-10-26-12-9-19-7-4-3-5-8-19/h2-5,7-8,16-18,20,23-24,26-27,31H,1,6,9-15H2/t20-,23?,24+/m0/s1. The third-order valence-electron chi connectivity index (χ3n) is 6.27. The molecular formula is C25H33N5O. The Hall–Kier alpha value is -2.54. The summed E-state index contributed by atoms with van der Waals surface area (Å²) in [6, 6.07) is 10.6. The first kappa shape index (κ1) is 21.7. The second-order valence-corrected chi connectivity index (χ2v) is 8.47. The molecule has 1 unspecified atom stereocenters. The van der Waals surface area contributed by atoms with Crippen molar-refractivity contribution in [1.29, 1.82) is 0 Å². The van der Waals surface area contributed by atoms with Crippen molar-refractivity contribution in [3.63, 3.8) is 0 Å². The second kappa shape index (κ2) is 10.7. The first-order valence-corrected chi connectivity index (χ1v) is 11.3. The normalized spacial score (nSPS) is 21.0. The van der Waals surface area contributed by atoms with Gasteiger partial charge in [-0.05, 0) is 63.3 Å². The van der Waals surface area contributed by atoms with Crippen molar-refractivity contribution < 1.29 is 5.11 Å². The second-order valence-electron chi connectivity index (χ2n) is 8.47. The molecule has 2 heterocycles. The van der Waals surface area contributed by atoms with E-state index in [-0.39, 0.29) is 12.1 Å². The molecule has 1 aromatic carbocycles. The van der Waals surface area contributed by atoms with Crippen LogP contribution in [0.5, 0.6) is 0 Å². The van der Waals surface area contributed by atoms with Gasteiger partial charge in [-0.2, -0.15) is 0 Å². The molecule has 164 valence electrons. The highest BCUT2D eigenvalue weighted by atomic mass is 16.3. The minimum atomic E-state index is -0.352. The first-order valence-electron chi connectivity index (χ1n) is 11.3. The zero-order valence-corrected chi connectivity index (χ0v) is 18.1. The minimum absolute atomic E-state index is 0.0533. The molecule has 6 heteroatoms. The van der Waals surface area contributed by atoms with E-state index in [1.54, 1.807) is 6.33 Å². The Balaban J connectivity index is 1.18. The summed E-state index contributed by atoms with van der Waals surface area (Å²) in [6.07, 6.45) is 10.9. The van der Waals surface area contributed by atoms with Crippen molar-refractivity contribution in [2.75, 3.05) is 26.2 Å². The number of aliphatic hydroxyl groups is 1. The lowest BCUT2D eigenvalue weighted by atomic mass is 10.1. The zero-order valence-electron chi connectivity index (χ0n) is 18.1. The predicted molar refractivity (Wildman–Crippen MR) is 126 cm³/mol. The Bertz CT molecular complexity index is 970. The highest BCUT2D eigenvalue weighted by Crippen LogP contribution is 2.37. The molecule has 1 saturated carbocycles. The lowest BCUT2D eigenvalue weighted by Gasteiger charge is -2.17. The third-order valence-corrected chi connectivity index (χ3v) is 6.27. The van der Waals surface area contributed by atoms with Crippen molar-refractivity contribution in [2.45, 2.75) is 37.8 Å². The Morgan fingerprint density at radius 1 is 1.13 bits per heavy atom. The molecule has 0 saturated heterocycles. The maximum atomic E-state index is 10.7. The van der Waals surface area contributed by atoms with E-state index in [0.29, 0.717) is 5.92 Å². The van der Waals surface area contributed by atoms with Crippen LogP contribution in [0, 0.1) is 5.92 Å². The van der Waals surface area contributed by atoms with Gasteiger partial charge in [-0.15, -0.1) is 0 Å². The summed E-state index contributed by atoms with van der Waals surface area (Å²) in [5, 5.41) is 18.8. The van der Waals surface area contributed by atoms with Crippen LogP contribution in [0.25, 0.3) is 17.1 Å². The summed E-state index contributed by atoms with van der Waals surface area (Å²) in [5.41, 5.74) is 3.28. The fourth-order valence-corrected chi connectivity index (χ4v) is 4.63. The molecule has 4 rings (SSSR count). The first-order chi connectivity index (χ1) is 15.3. The summed E-state index contributed by atoms with van der Waals surface area (Å²) >= 11 is 0. The summed E-state index contributed by atoms with van der Waals surface area (Å²) in [6.45, 7) is 7.88. The molecule has 0 amide bonds. The van der Waals surface area contributed by atoms with Crippen molar-refractivity contribution in [3.8, 4) is 0 Å². The molecule has 1 aliphatic carbocycles. The Morgan fingerprint density at radius 2 is 1.97 bits per heavy atom. The molecule has 0 radical (unpaired) electrons. The van der Waals surface area contributed by atoms with Gasteiger partial charge in [0.05, 0.1) is 12.1 Å². The number of rotatable bonds is 11. The van der Waals surface area contributed by atoms with Gasteiger partial charge in [0.1, 0.15) is 12.0 Å². The molecule has 3 N–H and O–H groups in total. The van der Waals surface area contributed by atoms with Gasteiger partial charge in [0.15, 0.2) is 0 Å². The van der Waals surface area contributed by atoms with Gasteiger partial charge in [0, 0.05) is 23.3 Å². The van der Waals surface area contributed by atoms with Gasteiger partial charge < -0.3 is 20.3 Å². The molecule has 3 atom stereocenters. The number of nitrogens with one attached hydrogen (secondary N) is 2. The van der Waals surface area contributed by atoms with Crippen LogP contribution in [0.2, 0.25) is 0 Å². The molecule has 6 nitrogen and oxygen atoms in total. The summed E-state index contributed by atoms with van der Waals surface area (Å²) in [4.78, 5) is 8.59. The molecule has 31 heavy (non-hydrogen) atoms. The van der Waals surface area contributed by atoms with E-state index in [1.165, 1.54) is 5.56 Å². The third kappa shape index (κ3) is 5.39. The van der Waals surface area contributed by atoms with E-state index < -0.39 is 0 Å². The van der Waals surface area contributed by atoms with Gasteiger partial charge >= 0.3 is 0 Å². The number of hydrogen-bond donors (Lipinski definition) is 3. The van der Waals surface area contributed by atoms with Crippen LogP contribution in [0.4, 0.5) is 0 Å². The Kier molecular flexibility index (Phi) is 7.46. The molecule has 0 spiro atoms. The zero-order chi connectivity index (χ0) is 21.5. The van der Waals surface area contributed by atoms with Gasteiger partial charge in [0.2, 0.25) is 0 Å². The fourth-order valence-electron chi connectivity index (χ4n) is 4.63. The van der Waals surface area contributed by atoms with Crippen LogP contribution in [0.3, 0.4) is 0 Å². The number of fused-ring (bicyclic) bond motifs is 1. The van der Waals surface area contributed by atoms with Gasteiger partial charge in [-0.25, -0.2) is 9.97 Å². The smallest absolute Gasteiger partial charge is 0.144 e. The topological polar surface area (TPSA) is 75.0 Å². The maximum absolute atomic E-state index is 10.7. The van der Waals surface area contributed by atoms with Crippen LogP contribution in [0.15, 0.2) is 55.6 Å². The van der Waals surface area contributed by atoms with Crippen molar-refractivity contribution in [2.24, 2.45) is 5.92 Å². The summed E-state index contributed by atoms with van der Waals surface area (Å²) < 4.78 is 2.12. The number of hydrogen-bond acceptors (Lipinski definition) is 5. The molecule has 1 fully saturated rings. The minimum Gasteiger partial charge on any atom is -0.391 e. The number of benzene rings is 1. The van der Waals surface area contributed by atoms with E-state index >= 15 is 0 Å². The predicted octanol–water partition coefficient (Wildman–Crippen LogP) is 3.20. The van der Waals surface area contributed by atoms with Crippen LogP contribution >= 0.6 is 0 Å². The van der Waals surface area contributed by atoms with Crippen molar-refractivity contribution in [3.05, 3.63) is 66.8 Å². The van der Waals surface area contributed by atoms with Crippen LogP contribution in [0.1, 0.15) is 36.4 Å². The van der Waals surface area contributed by atoms with E-state index in [0.717, 1.165) is 68.5 Å². The summed E-state index contributed by atoms with van der Waals surface area (Å²) in [5.74, 6) is 0.470. The lowest BCUT2D eigenvalue weighted by molar-refractivity contribution is 0.136. The van der Waals surface area contributed by atoms with E-state index in [4.69, 9.17) is 0 Å². The molecule has 2 aromatic heterocycles. The van der Waals surface area contributed by atoms with Gasteiger partial charge in [-0.1, -0.05) is 43.0 Å². The molecule has 0 bridgehead atoms. The van der Waals surface area contributed by atoms with E-state index in [1.807, 2.05) is 12.3 Å². The van der Waals surface area contributed by atoms with Crippen molar-refractivity contribution >= 4 is 17.1 Å². The van der Waals surface area contributed by atoms with E-state index in [2.05, 4.69) is 68.3 Å². The maximum Gasteiger partial charge on any atom is 0.144 e. The van der Waals surface area contributed by atoms with Gasteiger partial charge in [-0.3, -0.25) is 0 Å². The lowest BCUT2D eigenvalue weighted by Crippen LogP contribution is -2.26. The summed E-state index contributed by atoms with van der Waals surface area (Å²) in [7, 11) is 0. The molecule has 1 aliphatic rings. The quantitative estimate of drug-likeness (QED) is 0.416. The van der Waals surface area contributed by atoms with E-state index in [9.17, 15) is 5.11 Å². The fraction of sp³-hybridized carbons (Fsp3) is 0.440. The number of aliphatic hydroxyl groups excluding tert-OH is 1. The largest absolute Gasteiger partial charge is 0.391 e. The SMILES string of the molecule is C=Cc1cn(C2C[C@H](CNCCCNCCc3ccccc3)C[C@H]2O)c2ncncc12. The molecular weight excluding hydrogens is 386 g/mol. The highest BCUT2D eigenvalue weighted by molar-refractivity contribution is 5.85. The monoisotopic (exact) mass is 419 g/mol.